The number of piperidine rings is 1. The van der Waals surface area contributed by atoms with Crippen molar-refractivity contribution in [3.8, 4) is 16.9 Å². The van der Waals surface area contributed by atoms with Gasteiger partial charge >= 0.3 is 0 Å². The predicted molar refractivity (Wildman–Crippen MR) is 114 cm³/mol. The molecule has 28 heavy (non-hydrogen) atoms. The van der Waals surface area contributed by atoms with Crippen molar-refractivity contribution in [3.63, 3.8) is 0 Å². The predicted octanol–water partition coefficient (Wildman–Crippen LogP) is 5.06. The third kappa shape index (κ3) is 4.33. The Kier molecular flexibility index (Phi) is 5.56. The molecule has 0 radical (unpaired) electrons. The van der Waals surface area contributed by atoms with Gasteiger partial charge in [-0.1, -0.05) is 48.9 Å². The largest absolute Gasteiger partial charge is 0.490 e. The van der Waals surface area contributed by atoms with Crippen molar-refractivity contribution in [2.75, 3.05) is 18.0 Å². The molecule has 4 heteroatoms. The number of nitrogens with zero attached hydrogens (tertiary/aromatic N) is 3. The second kappa shape index (κ2) is 8.42. The quantitative estimate of drug-likeness (QED) is 0.626. The Morgan fingerprint density at radius 2 is 1.68 bits per heavy atom. The van der Waals surface area contributed by atoms with Crippen LogP contribution >= 0.6 is 0 Å². The number of anilines is 1. The molecule has 1 aromatic heterocycles. The smallest absolute Gasteiger partial charge is 0.225 e. The molecule has 1 saturated heterocycles. The molecule has 3 aromatic rings. The maximum atomic E-state index is 6.22. The Morgan fingerprint density at radius 1 is 0.964 bits per heavy atom. The van der Waals surface area contributed by atoms with Gasteiger partial charge in [0.2, 0.25) is 5.95 Å². The lowest BCUT2D eigenvalue weighted by Gasteiger charge is -2.32. The molecule has 2 heterocycles. The molecule has 4 rings (SSSR count). The number of benzene rings is 2. The molecule has 0 aliphatic carbocycles. The molecule has 0 N–H and O–H groups in total. The lowest BCUT2D eigenvalue weighted by Crippen LogP contribution is -2.39. The molecule has 0 atom stereocenters. The van der Waals surface area contributed by atoms with E-state index in [2.05, 4.69) is 77.2 Å². The van der Waals surface area contributed by atoms with Crippen LogP contribution in [0.4, 0.5) is 5.95 Å². The number of ether oxygens (including phenoxy) is 1. The summed E-state index contributed by atoms with van der Waals surface area (Å²) in [5, 5.41) is 0. The van der Waals surface area contributed by atoms with Gasteiger partial charge in [-0.3, -0.25) is 0 Å². The Labute approximate surface area is 167 Å². The molecule has 1 fully saturated rings. The fourth-order valence-corrected chi connectivity index (χ4v) is 3.61. The van der Waals surface area contributed by atoms with Gasteiger partial charge in [-0.15, -0.1) is 0 Å². The molecule has 0 unspecified atom stereocenters. The minimum Gasteiger partial charge on any atom is -0.490 e. The monoisotopic (exact) mass is 373 g/mol. The van der Waals surface area contributed by atoms with Crippen LogP contribution in [0.1, 0.15) is 30.9 Å². The SMILES string of the molecule is CCc1cnc(N2CCC(Oc3ccc(-c4cccc(C)c4)cc3)CC2)nc1. The van der Waals surface area contributed by atoms with Crippen LogP contribution in [0, 0.1) is 6.92 Å². The topological polar surface area (TPSA) is 38.2 Å². The van der Waals surface area contributed by atoms with Gasteiger partial charge in [-0.25, -0.2) is 9.97 Å². The number of rotatable bonds is 5. The van der Waals surface area contributed by atoms with Gasteiger partial charge in [0.25, 0.3) is 0 Å². The molecule has 1 aliphatic heterocycles. The highest BCUT2D eigenvalue weighted by Gasteiger charge is 2.22. The lowest BCUT2D eigenvalue weighted by molar-refractivity contribution is 0.170. The fourth-order valence-electron chi connectivity index (χ4n) is 3.61. The summed E-state index contributed by atoms with van der Waals surface area (Å²) in [5.41, 5.74) is 4.92. The molecule has 2 aromatic carbocycles. The average molecular weight is 374 g/mol. The van der Waals surface area contributed by atoms with Gasteiger partial charge in [0, 0.05) is 38.3 Å². The number of aromatic nitrogens is 2. The van der Waals surface area contributed by atoms with E-state index < -0.39 is 0 Å². The van der Waals surface area contributed by atoms with Gasteiger partial charge < -0.3 is 9.64 Å². The Balaban J connectivity index is 1.33. The van der Waals surface area contributed by atoms with Gasteiger partial charge in [0.1, 0.15) is 11.9 Å². The zero-order valence-corrected chi connectivity index (χ0v) is 16.6. The van der Waals surface area contributed by atoms with E-state index in [9.17, 15) is 0 Å². The first-order valence-electron chi connectivity index (χ1n) is 10.1. The van der Waals surface area contributed by atoms with E-state index in [4.69, 9.17) is 4.74 Å². The summed E-state index contributed by atoms with van der Waals surface area (Å²) >= 11 is 0. The van der Waals surface area contributed by atoms with Crippen LogP contribution in [0.25, 0.3) is 11.1 Å². The normalized spacial score (nSPS) is 14.9. The van der Waals surface area contributed by atoms with Crippen molar-refractivity contribution in [3.05, 3.63) is 72.1 Å². The van der Waals surface area contributed by atoms with Crippen molar-refractivity contribution in [2.45, 2.75) is 39.2 Å². The summed E-state index contributed by atoms with van der Waals surface area (Å²) in [6.07, 6.45) is 7.05. The van der Waals surface area contributed by atoms with Gasteiger partial charge in [-0.2, -0.15) is 0 Å². The van der Waals surface area contributed by atoms with Crippen LogP contribution in [0.15, 0.2) is 60.9 Å². The van der Waals surface area contributed by atoms with Crippen LogP contribution in [0.5, 0.6) is 5.75 Å². The molecular weight excluding hydrogens is 346 g/mol. The van der Waals surface area contributed by atoms with Crippen LogP contribution in [-0.2, 0) is 6.42 Å². The summed E-state index contributed by atoms with van der Waals surface area (Å²) in [5.74, 6) is 1.77. The summed E-state index contributed by atoms with van der Waals surface area (Å²) < 4.78 is 6.22. The zero-order valence-electron chi connectivity index (χ0n) is 16.6. The van der Waals surface area contributed by atoms with E-state index in [0.29, 0.717) is 0 Å². The van der Waals surface area contributed by atoms with Crippen LogP contribution in [0.3, 0.4) is 0 Å². The van der Waals surface area contributed by atoms with Crippen molar-refractivity contribution in [2.24, 2.45) is 0 Å². The van der Waals surface area contributed by atoms with E-state index >= 15 is 0 Å². The maximum absolute atomic E-state index is 6.22. The number of hydrogen-bond acceptors (Lipinski definition) is 4. The molecular formula is C24H27N3O. The maximum Gasteiger partial charge on any atom is 0.225 e. The van der Waals surface area contributed by atoms with Crippen LogP contribution in [0.2, 0.25) is 0 Å². The minimum atomic E-state index is 0.246. The summed E-state index contributed by atoms with van der Waals surface area (Å²) in [4.78, 5) is 11.3. The molecule has 1 aliphatic rings. The molecule has 0 bridgehead atoms. The molecule has 0 saturated carbocycles. The second-order valence-corrected chi connectivity index (χ2v) is 7.44. The van der Waals surface area contributed by atoms with Gasteiger partial charge in [0.15, 0.2) is 0 Å². The number of aryl methyl sites for hydroxylation is 2. The lowest BCUT2D eigenvalue weighted by atomic mass is 10.0. The first-order chi connectivity index (χ1) is 13.7. The highest BCUT2D eigenvalue weighted by atomic mass is 16.5. The third-order valence-corrected chi connectivity index (χ3v) is 5.33. The summed E-state index contributed by atoms with van der Waals surface area (Å²) in [6.45, 7) is 6.10. The highest BCUT2D eigenvalue weighted by Crippen LogP contribution is 2.25. The Morgan fingerprint density at radius 3 is 2.32 bits per heavy atom. The Hall–Kier alpha value is -2.88. The van der Waals surface area contributed by atoms with E-state index in [1.807, 2.05) is 12.4 Å². The van der Waals surface area contributed by atoms with E-state index in [-0.39, 0.29) is 6.10 Å². The average Bonchev–Trinajstić information content (AvgIpc) is 2.75. The van der Waals surface area contributed by atoms with E-state index in [0.717, 1.165) is 44.0 Å². The van der Waals surface area contributed by atoms with Crippen molar-refractivity contribution in [1.29, 1.82) is 0 Å². The van der Waals surface area contributed by atoms with Crippen LogP contribution < -0.4 is 9.64 Å². The minimum absolute atomic E-state index is 0.246. The standard InChI is InChI=1S/C24H27N3O/c1-3-19-16-25-24(26-17-19)27-13-11-23(12-14-27)28-22-9-7-20(8-10-22)21-6-4-5-18(2)15-21/h4-10,15-17,23H,3,11-14H2,1-2H3. The highest BCUT2D eigenvalue weighted by molar-refractivity contribution is 5.64. The molecule has 0 spiro atoms. The fraction of sp³-hybridized carbons (Fsp3) is 0.333. The van der Waals surface area contributed by atoms with Crippen LogP contribution in [-0.4, -0.2) is 29.2 Å². The molecule has 0 amide bonds. The number of hydrogen-bond donors (Lipinski definition) is 0. The van der Waals surface area contributed by atoms with E-state index in [1.54, 1.807) is 0 Å². The van der Waals surface area contributed by atoms with Gasteiger partial charge in [0.05, 0.1) is 0 Å². The molecule has 4 nitrogen and oxygen atoms in total. The summed E-state index contributed by atoms with van der Waals surface area (Å²) in [7, 11) is 0. The second-order valence-electron chi connectivity index (χ2n) is 7.44. The van der Waals surface area contributed by atoms with Crippen molar-refractivity contribution >= 4 is 5.95 Å². The Bertz CT molecular complexity index is 898. The van der Waals surface area contributed by atoms with E-state index in [1.165, 1.54) is 22.3 Å². The molecule has 144 valence electrons. The zero-order chi connectivity index (χ0) is 19.3. The van der Waals surface area contributed by atoms with Crippen molar-refractivity contribution in [1.82, 2.24) is 9.97 Å². The summed E-state index contributed by atoms with van der Waals surface area (Å²) in [6, 6.07) is 17.0. The first kappa shape index (κ1) is 18.5. The van der Waals surface area contributed by atoms with Gasteiger partial charge in [-0.05, 0) is 42.2 Å². The van der Waals surface area contributed by atoms with Crippen molar-refractivity contribution < 1.29 is 4.74 Å². The first-order valence-corrected chi connectivity index (χ1v) is 10.1. The third-order valence-electron chi connectivity index (χ3n) is 5.33.